The number of carbonyl (C=O) groups is 1. The second-order valence-corrected chi connectivity index (χ2v) is 10.5. The first-order chi connectivity index (χ1) is 17.4. The van der Waals surface area contributed by atoms with E-state index in [1.165, 1.54) is 0 Å². The molecule has 36 heavy (non-hydrogen) atoms. The Labute approximate surface area is 215 Å². The van der Waals surface area contributed by atoms with E-state index >= 15 is 0 Å². The van der Waals surface area contributed by atoms with Gasteiger partial charge in [0.2, 0.25) is 0 Å². The largest absolute Gasteiger partial charge is 0.497 e. The Kier molecular flexibility index (Phi) is 6.65. The van der Waals surface area contributed by atoms with Gasteiger partial charge < -0.3 is 19.5 Å². The minimum atomic E-state index is -0.852. The lowest BCUT2D eigenvalue weighted by molar-refractivity contribution is -0.0717. The first kappa shape index (κ1) is 24.2. The molecule has 3 aromatic rings. The van der Waals surface area contributed by atoms with Crippen LogP contribution in [0.25, 0.3) is 11.1 Å². The van der Waals surface area contributed by atoms with E-state index in [-0.39, 0.29) is 5.91 Å². The smallest absolute Gasteiger partial charge is 0.253 e. The standard InChI is InChI=1S/C29H28N2O4S/c1-34-25-10-8-24(9-11-25)27(32)31-15-14-28(17-31,29(33)19-36-20-29)18-35-26-12-6-23(7-13-26)22-4-2-21(16-30)3-5-22/h2-13,33H,14-15,17-20H2,1H3. The number of carbonyl (C=O) groups excluding carboxylic acids is 1. The summed E-state index contributed by atoms with van der Waals surface area (Å²) in [5.41, 5.74) is 1.93. The van der Waals surface area contributed by atoms with Crippen molar-refractivity contribution in [3.8, 4) is 28.7 Å². The molecule has 7 heteroatoms. The van der Waals surface area contributed by atoms with Crippen LogP contribution in [0.3, 0.4) is 0 Å². The van der Waals surface area contributed by atoms with E-state index in [1.807, 2.05) is 41.3 Å². The molecule has 0 saturated carbocycles. The maximum absolute atomic E-state index is 13.2. The molecule has 0 spiro atoms. The predicted octanol–water partition coefficient (Wildman–Crippen LogP) is 4.62. The van der Waals surface area contributed by atoms with Crippen molar-refractivity contribution in [1.82, 2.24) is 4.90 Å². The van der Waals surface area contributed by atoms with Gasteiger partial charge in [-0.2, -0.15) is 17.0 Å². The van der Waals surface area contributed by atoms with E-state index in [2.05, 4.69) is 6.07 Å². The highest BCUT2D eigenvalue weighted by molar-refractivity contribution is 8.00. The molecule has 1 atom stereocenters. The van der Waals surface area contributed by atoms with Crippen LogP contribution in [0.1, 0.15) is 22.3 Å². The summed E-state index contributed by atoms with van der Waals surface area (Å²) in [6, 6.07) is 24.6. The minimum Gasteiger partial charge on any atom is -0.497 e. The molecule has 0 aromatic heterocycles. The van der Waals surface area contributed by atoms with Crippen molar-refractivity contribution in [2.75, 3.05) is 38.3 Å². The van der Waals surface area contributed by atoms with E-state index in [0.29, 0.717) is 54.5 Å². The normalized spacial score (nSPS) is 20.3. The Bertz CT molecular complexity index is 1260. The average Bonchev–Trinajstić information content (AvgIpc) is 3.36. The van der Waals surface area contributed by atoms with Gasteiger partial charge in [-0.05, 0) is 66.1 Å². The highest BCUT2D eigenvalue weighted by Gasteiger charge is 2.58. The van der Waals surface area contributed by atoms with Gasteiger partial charge in [-0.1, -0.05) is 24.3 Å². The van der Waals surface area contributed by atoms with E-state index in [1.54, 1.807) is 55.3 Å². The molecule has 1 unspecified atom stereocenters. The van der Waals surface area contributed by atoms with Crippen LogP contribution >= 0.6 is 11.8 Å². The molecule has 2 aliphatic rings. The SMILES string of the molecule is COc1ccc(C(=O)N2CCC(COc3ccc(-c4ccc(C#N)cc4)cc3)(C3(O)CSC3)C2)cc1. The number of aliphatic hydroxyl groups is 1. The molecule has 2 fully saturated rings. The molecule has 5 rings (SSSR count). The van der Waals surface area contributed by atoms with E-state index in [4.69, 9.17) is 14.7 Å². The fraction of sp³-hybridized carbons (Fsp3) is 0.310. The number of methoxy groups -OCH3 is 1. The van der Waals surface area contributed by atoms with E-state index < -0.39 is 11.0 Å². The Morgan fingerprint density at radius 1 is 1.00 bits per heavy atom. The van der Waals surface area contributed by atoms with Gasteiger partial charge in [-0.25, -0.2) is 0 Å². The molecule has 2 heterocycles. The summed E-state index contributed by atoms with van der Waals surface area (Å²) in [7, 11) is 1.60. The van der Waals surface area contributed by atoms with Gasteiger partial charge in [-0.15, -0.1) is 0 Å². The summed E-state index contributed by atoms with van der Waals surface area (Å²) in [5, 5.41) is 20.4. The lowest BCUT2D eigenvalue weighted by Crippen LogP contribution is -2.61. The van der Waals surface area contributed by atoms with Crippen LogP contribution in [-0.4, -0.2) is 59.8 Å². The second kappa shape index (κ2) is 9.88. The summed E-state index contributed by atoms with van der Waals surface area (Å²) in [6.07, 6.45) is 0.690. The number of hydrogen-bond donors (Lipinski definition) is 1. The van der Waals surface area contributed by atoms with Crippen molar-refractivity contribution in [3.05, 3.63) is 83.9 Å². The summed E-state index contributed by atoms with van der Waals surface area (Å²) >= 11 is 1.72. The number of hydrogen-bond acceptors (Lipinski definition) is 6. The van der Waals surface area contributed by atoms with Gasteiger partial charge in [0.1, 0.15) is 11.5 Å². The van der Waals surface area contributed by atoms with Crippen molar-refractivity contribution in [2.24, 2.45) is 5.41 Å². The predicted molar refractivity (Wildman–Crippen MR) is 140 cm³/mol. The van der Waals surface area contributed by atoms with Gasteiger partial charge >= 0.3 is 0 Å². The Hall–Kier alpha value is -3.47. The number of rotatable bonds is 7. The molecule has 1 N–H and O–H groups in total. The number of likely N-dealkylation sites (tertiary alicyclic amines) is 1. The zero-order valence-electron chi connectivity index (χ0n) is 20.1. The monoisotopic (exact) mass is 500 g/mol. The molecule has 1 amide bonds. The third-order valence-electron chi connectivity index (χ3n) is 7.36. The number of amides is 1. The maximum atomic E-state index is 13.2. The van der Waals surface area contributed by atoms with Gasteiger partial charge in [-0.3, -0.25) is 4.79 Å². The Morgan fingerprint density at radius 2 is 1.61 bits per heavy atom. The van der Waals surface area contributed by atoms with Gasteiger partial charge in [0.15, 0.2) is 0 Å². The van der Waals surface area contributed by atoms with E-state index in [9.17, 15) is 9.90 Å². The van der Waals surface area contributed by atoms with Crippen LogP contribution in [0.4, 0.5) is 0 Å². The molecular formula is C29H28N2O4S. The number of nitriles is 1. The minimum absolute atomic E-state index is 0.0399. The van der Waals surface area contributed by atoms with Crippen LogP contribution in [0.15, 0.2) is 72.8 Å². The number of thioether (sulfide) groups is 1. The maximum Gasteiger partial charge on any atom is 0.253 e. The zero-order chi connectivity index (χ0) is 25.2. The number of ether oxygens (including phenoxy) is 2. The Balaban J connectivity index is 1.29. The van der Waals surface area contributed by atoms with Crippen LogP contribution in [0.2, 0.25) is 0 Å². The molecule has 0 aliphatic carbocycles. The van der Waals surface area contributed by atoms with Crippen LogP contribution in [0.5, 0.6) is 11.5 Å². The van der Waals surface area contributed by atoms with Crippen molar-refractivity contribution in [2.45, 2.75) is 12.0 Å². The van der Waals surface area contributed by atoms with E-state index in [0.717, 1.165) is 16.9 Å². The first-order valence-electron chi connectivity index (χ1n) is 11.9. The highest BCUT2D eigenvalue weighted by Crippen LogP contribution is 2.49. The molecule has 3 aromatic carbocycles. The number of nitrogens with zero attached hydrogens (tertiary/aromatic N) is 2. The first-order valence-corrected chi connectivity index (χ1v) is 13.1. The molecule has 184 valence electrons. The van der Waals surface area contributed by atoms with Crippen LogP contribution < -0.4 is 9.47 Å². The summed E-state index contributed by atoms with van der Waals surface area (Å²) in [4.78, 5) is 15.0. The lowest BCUT2D eigenvalue weighted by atomic mass is 9.72. The lowest BCUT2D eigenvalue weighted by Gasteiger charge is -2.49. The fourth-order valence-corrected chi connectivity index (χ4v) is 6.10. The molecular weight excluding hydrogens is 472 g/mol. The molecule has 0 bridgehead atoms. The average molecular weight is 501 g/mol. The quantitative estimate of drug-likeness (QED) is 0.510. The van der Waals surface area contributed by atoms with Crippen molar-refractivity contribution in [3.63, 3.8) is 0 Å². The van der Waals surface area contributed by atoms with Crippen LogP contribution in [0, 0.1) is 16.7 Å². The number of benzene rings is 3. The second-order valence-electron chi connectivity index (χ2n) is 9.51. The van der Waals surface area contributed by atoms with Crippen LogP contribution in [-0.2, 0) is 0 Å². The summed E-state index contributed by atoms with van der Waals surface area (Å²) in [5.74, 6) is 2.70. The summed E-state index contributed by atoms with van der Waals surface area (Å²) < 4.78 is 11.4. The van der Waals surface area contributed by atoms with Gasteiger partial charge in [0.25, 0.3) is 5.91 Å². The molecule has 2 aliphatic heterocycles. The molecule has 0 radical (unpaired) electrons. The third-order valence-corrected chi connectivity index (χ3v) is 8.73. The fourth-order valence-electron chi connectivity index (χ4n) is 4.90. The molecule has 6 nitrogen and oxygen atoms in total. The topological polar surface area (TPSA) is 82.8 Å². The van der Waals surface area contributed by atoms with Gasteiger partial charge in [0, 0.05) is 30.2 Å². The zero-order valence-corrected chi connectivity index (χ0v) is 21.0. The van der Waals surface area contributed by atoms with Crippen molar-refractivity contribution < 1.29 is 19.4 Å². The van der Waals surface area contributed by atoms with Crippen molar-refractivity contribution >= 4 is 17.7 Å². The summed E-state index contributed by atoms with van der Waals surface area (Å²) in [6.45, 7) is 1.38. The Morgan fingerprint density at radius 3 is 2.17 bits per heavy atom. The van der Waals surface area contributed by atoms with Crippen molar-refractivity contribution in [1.29, 1.82) is 5.26 Å². The highest BCUT2D eigenvalue weighted by atomic mass is 32.2. The molecule has 2 saturated heterocycles. The van der Waals surface area contributed by atoms with Gasteiger partial charge in [0.05, 0.1) is 36.4 Å². The third kappa shape index (κ3) is 4.55.